The number of nitrogens with zero attached hydrogens (tertiary/aromatic N) is 3. The minimum atomic E-state index is 0.106. The fraction of sp³-hybridized carbons (Fsp3) is 0.161. The lowest BCUT2D eigenvalue weighted by Gasteiger charge is -2.19. The lowest BCUT2D eigenvalue weighted by Crippen LogP contribution is -2.10. The smallest absolute Gasteiger partial charge is 0.168 e. The molecule has 168 valence electrons. The molecule has 3 heteroatoms. The Kier molecular flexibility index (Phi) is 5.62. The van der Waals surface area contributed by atoms with Crippen LogP contribution in [0.25, 0.3) is 39.6 Å². The van der Waals surface area contributed by atoms with E-state index in [1.165, 1.54) is 22.3 Å². The molecule has 0 atom stereocenters. The molecule has 0 saturated carbocycles. The molecule has 0 fully saturated rings. The SMILES string of the molecule is Cc1ccc(-n2c(-c3ccc(-c4ccccc4)cc3)nnc2-c2ccc(C(C)(C)C)cc2)cc1. The van der Waals surface area contributed by atoms with E-state index >= 15 is 0 Å². The molecule has 0 spiro atoms. The number of hydrogen-bond acceptors (Lipinski definition) is 2. The lowest BCUT2D eigenvalue weighted by atomic mass is 9.86. The van der Waals surface area contributed by atoms with Crippen molar-refractivity contribution in [2.45, 2.75) is 33.1 Å². The molecule has 0 N–H and O–H groups in total. The summed E-state index contributed by atoms with van der Waals surface area (Å²) >= 11 is 0. The number of aryl methyl sites for hydroxylation is 1. The topological polar surface area (TPSA) is 30.7 Å². The van der Waals surface area contributed by atoms with E-state index in [1.54, 1.807) is 0 Å². The molecule has 0 aliphatic heterocycles. The predicted octanol–water partition coefficient (Wildman–Crippen LogP) is 7.87. The molecule has 5 rings (SSSR count). The fourth-order valence-corrected chi connectivity index (χ4v) is 4.16. The van der Waals surface area contributed by atoms with Gasteiger partial charge in [-0.3, -0.25) is 4.57 Å². The molecule has 5 aromatic rings. The van der Waals surface area contributed by atoms with Gasteiger partial charge in [-0.25, -0.2) is 0 Å². The van der Waals surface area contributed by atoms with Crippen molar-refractivity contribution in [3.8, 4) is 39.6 Å². The van der Waals surface area contributed by atoms with Gasteiger partial charge >= 0.3 is 0 Å². The highest BCUT2D eigenvalue weighted by molar-refractivity contribution is 5.71. The van der Waals surface area contributed by atoms with Gasteiger partial charge in [-0.15, -0.1) is 10.2 Å². The van der Waals surface area contributed by atoms with E-state index in [1.807, 2.05) is 6.07 Å². The molecule has 0 aliphatic rings. The number of hydrogen-bond donors (Lipinski definition) is 0. The largest absolute Gasteiger partial charge is 0.275 e. The van der Waals surface area contributed by atoms with Crippen LogP contribution in [0, 0.1) is 6.92 Å². The van der Waals surface area contributed by atoms with Crippen molar-refractivity contribution in [1.29, 1.82) is 0 Å². The first-order chi connectivity index (χ1) is 16.4. The molecule has 0 radical (unpaired) electrons. The summed E-state index contributed by atoms with van der Waals surface area (Å²) in [6.45, 7) is 8.79. The van der Waals surface area contributed by atoms with E-state index in [2.05, 4.69) is 140 Å². The summed E-state index contributed by atoms with van der Waals surface area (Å²) in [6.07, 6.45) is 0. The van der Waals surface area contributed by atoms with Crippen LogP contribution in [0.15, 0.2) is 103 Å². The average molecular weight is 444 g/mol. The Labute approximate surface area is 201 Å². The summed E-state index contributed by atoms with van der Waals surface area (Å²) in [5, 5.41) is 9.30. The van der Waals surface area contributed by atoms with E-state index in [0.29, 0.717) is 0 Å². The maximum Gasteiger partial charge on any atom is 0.168 e. The van der Waals surface area contributed by atoms with Gasteiger partial charge in [-0.05, 0) is 41.2 Å². The first kappa shape index (κ1) is 21.8. The van der Waals surface area contributed by atoms with Gasteiger partial charge in [0, 0.05) is 16.8 Å². The van der Waals surface area contributed by atoms with Crippen LogP contribution in [0.5, 0.6) is 0 Å². The zero-order chi connectivity index (χ0) is 23.7. The Morgan fingerprint density at radius 2 is 1.00 bits per heavy atom. The minimum absolute atomic E-state index is 0.106. The number of benzene rings is 4. The van der Waals surface area contributed by atoms with Gasteiger partial charge in [0.1, 0.15) is 0 Å². The Bertz CT molecular complexity index is 1390. The van der Waals surface area contributed by atoms with Crippen LogP contribution in [-0.2, 0) is 5.41 Å². The van der Waals surface area contributed by atoms with E-state index in [9.17, 15) is 0 Å². The highest BCUT2D eigenvalue weighted by Gasteiger charge is 2.19. The van der Waals surface area contributed by atoms with Gasteiger partial charge < -0.3 is 0 Å². The van der Waals surface area contributed by atoms with Crippen molar-refractivity contribution in [3.63, 3.8) is 0 Å². The molecular formula is C31H29N3. The summed E-state index contributed by atoms with van der Waals surface area (Å²) in [5.41, 5.74) is 8.15. The van der Waals surface area contributed by atoms with Crippen molar-refractivity contribution < 1.29 is 0 Å². The van der Waals surface area contributed by atoms with Gasteiger partial charge in [0.2, 0.25) is 0 Å². The van der Waals surface area contributed by atoms with Crippen LogP contribution in [-0.4, -0.2) is 14.8 Å². The quantitative estimate of drug-likeness (QED) is 0.283. The Balaban J connectivity index is 1.61. The molecule has 1 aromatic heterocycles. The molecular weight excluding hydrogens is 414 g/mol. The molecule has 3 nitrogen and oxygen atoms in total. The average Bonchev–Trinajstić information content (AvgIpc) is 3.30. The molecule has 0 bridgehead atoms. The lowest BCUT2D eigenvalue weighted by molar-refractivity contribution is 0.590. The van der Waals surface area contributed by atoms with E-state index in [0.717, 1.165) is 28.5 Å². The third-order valence-corrected chi connectivity index (χ3v) is 6.21. The first-order valence-corrected chi connectivity index (χ1v) is 11.7. The van der Waals surface area contributed by atoms with Crippen LogP contribution in [0.4, 0.5) is 0 Å². The van der Waals surface area contributed by atoms with E-state index in [-0.39, 0.29) is 5.41 Å². The van der Waals surface area contributed by atoms with Gasteiger partial charge in [0.15, 0.2) is 11.6 Å². The third-order valence-electron chi connectivity index (χ3n) is 6.21. The predicted molar refractivity (Wildman–Crippen MR) is 141 cm³/mol. The van der Waals surface area contributed by atoms with Crippen molar-refractivity contribution >= 4 is 0 Å². The van der Waals surface area contributed by atoms with Crippen LogP contribution in [0.3, 0.4) is 0 Å². The molecule has 0 unspecified atom stereocenters. The fourth-order valence-electron chi connectivity index (χ4n) is 4.16. The molecule has 0 amide bonds. The first-order valence-electron chi connectivity index (χ1n) is 11.7. The Hall–Kier alpha value is -3.98. The second kappa shape index (κ2) is 8.75. The zero-order valence-corrected chi connectivity index (χ0v) is 20.2. The van der Waals surface area contributed by atoms with Crippen molar-refractivity contribution in [2.75, 3.05) is 0 Å². The van der Waals surface area contributed by atoms with E-state index < -0.39 is 0 Å². The minimum Gasteiger partial charge on any atom is -0.275 e. The highest BCUT2D eigenvalue weighted by Crippen LogP contribution is 2.31. The van der Waals surface area contributed by atoms with Gasteiger partial charge in [-0.2, -0.15) is 0 Å². The van der Waals surface area contributed by atoms with Crippen LogP contribution >= 0.6 is 0 Å². The Morgan fingerprint density at radius 3 is 1.53 bits per heavy atom. The number of rotatable bonds is 4. The standard InChI is InChI=1S/C31H29N3/c1-22-10-20-28(21-11-22)34-29(25-14-12-24(13-15-25)23-8-6-5-7-9-23)32-33-30(34)26-16-18-27(19-17-26)31(2,3)4/h5-21H,1-4H3. The van der Waals surface area contributed by atoms with Crippen molar-refractivity contribution in [3.05, 3.63) is 114 Å². The van der Waals surface area contributed by atoms with Crippen LogP contribution < -0.4 is 0 Å². The number of aromatic nitrogens is 3. The highest BCUT2D eigenvalue weighted by atomic mass is 15.3. The summed E-state index contributed by atoms with van der Waals surface area (Å²) in [5.74, 6) is 1.67. The maximum atomic E-state index is 4.65. The normalized spacial score (nSPS) is 11.5. The van der Waals surface area contributed by atoms with Crippen molar-refractivity contribution in [2.24, 2.45) is 0 Å². The monoisotopic (exact) mass is 443 g/mol. The van der Waals surface area contributed by atoms with E-state index in [4.69, 9.17) is 0 Å². The molecule has 0 saturated heterocycles. The summed E-state index contributed by atoms with van der Waals surface area (Å²) in [7, 11) is 0. The Morgan fingerprint density at radius 1 is 0.529 bits per heavy atom. The summed E-state index contributed by atoms with van der Waals surface area (Å²) in [4.78, 5) is 0. The van der Waals surface area contributed by atoms with Gasteiger partial charge in [-0.1, -0.05) is 117 Å². The third kappa shape index (κ3) is 4.29. The van der Waals surface area contributed by atoms with Crippen LogP contribution in [0.1, 0.15) is 31.9 Å². The van der Waals surface area contributed by atoms with Gasteiger partial charge in [0.25, 0.3) is 0 Å². The molecule has 4 aromatic carbocycles. The second-order valence-corrected chi connectivity index (χ2v) is 9.79. The summed E-state index contributed by atoms with van der Waals surface area (Å²) < 4.78 is 2.16. The van der Waals surface area contributed by atoms with Crippen molar-refractivity contribution in [1.82, 2.24) is 14.8 Å². The van der Waals surface area contributed by atoms with Crippen LogP contribution in [0.2, 0.25) is 0 Å². The zero-order valence-electron chi connectivity index (χ0n) is 20.2. The van der Waals surface area contributed by atoms with Gasteiger partial charge in [0.05, 0.1) is 0 Å². The summed E-state index contributed by atoms with van der Waals surface area (Å²) in [6, 6.07) is 36.2. The molecule has 0 aliphatic carbocycles. The molecule has 34 heavy (non-hydrogen) atoms. The molecule has 1 heterocycles. The second-order valence-electron chi connectivity index (χ2n) is 9.79. The maximum absolute atomic E-state index is 4.65.